The summed E-state index contributed by atoms with van der Waals surface area (Å²) in [4.78, 5) is 25.4. The van der Waals surface area contributed by atoms with Crippen LogP contribution in [0.4, 0.5) is 4.79 Å². The number of likely N-dealkylation sites (tertiary alicyclic amines) is 1. The predicted octanol–water partition coefficient (Wildman–Crippen LogP) is 2.50. The standard InChI is InChI=1S/C17H22N2O3S/c1-11-4-3-5-12(2)15(11)22-13-6-8-19(9-7-13)16(20)14-10-23-17(21)18-14/h3-5,13-14H,6-10H2,1-2H3,(H,18,21)/t14-/m1/s1. The van der Waals surface area contributed by atoms with Crippen molar-refractivity contribution in [2.24, 2.45) is 0 Å². The number of hydrogen-bond acceptors (Lipinski definition) is 4. The second-order valence-corrected chi connectivity index (χ2v) is 7.15. The van der Waals surface area contributed by atoms with E-state index in [0.717, 1.165) is 29.7 Å². The first-order chi connectivity index (χ1) is 11.0. The second kappa shape index (κ2) is 6.83. The molecule has 0 spiro atoms. The Balaban J connectivity index is 1.54. The number of thioether (sulfide) groups is 1. The van der Waals surface area contributed by atoms with Gasteiger partial charge in [-0.15, -0.1) is 0 Å². The van der Waals surface area contributed by atoms with Crippen LogP contribution >= 0.6 is 11.8 Å². The van der Waals surface area contributed by atoms with Crippen LogP contribution in [0.25, 0.3) is 0 Å². The highest BCUT2D eigenvalue weighted by atomic mass is 32.2. The molecule has 2 heterocycles. The van der Waals surface area contributed by atoms with E-state index in [4.69, 9.17) is 4.74 Å². The Morgan fingerprint density at radius 2 is 1.91 bits per heavy atom. The first kappa shape index (κ1) is 16.2. The van der Waals surface area contributed by atoms with E-state index in [0.29, 0.717) is 18.8 Å². The second-order valence-electron chi connectivity index (χ2n) is 6.16. The molecule has 0 saturated carbocycles. The van der Waals surface area contributed by atoms with E-state index in [1.807, 2.05) is 11.0 Å². The van der Waals surface area contributed by atoms with Crippen LogP contribution < -0.4 is 10.1 Å². The van der Waals surface area contributed by atoms with Gasteiger partial charge in [0.1, 0.15) is 17.9 Å². The van der Waals surface area contributed by atoms with Crippen molar-refractivity contribution in [3.8, 4) is 5.75 Å². The molecule has 1 N–H and O–H groups in total. The molecule has 2 saturated heterocycles. The van der Waals surface area contributed by atoms with Gasteiger partial charge >= 0.3 is 0 Å². The van der Waals surface area contributed by atoms with Crippen molar-refractivity contribution in [3.05, 3.63) is 29.3 Å². The molecule has 2 fully saturated rings. The maximum Gasteiger partial charge on any atom is 0.279 e. The third kappa shape index (κ3) is 3.63. The van der Waals surface area contributed by atoms with Gasteiger partial charge in [0, 0.05) is 31.7 Å². The fraction of sp³-hybridized carbons (Fsp3) is 0.529. The fourth-order valence-corrected chi connectivity index (χ4v) is 3.85. The molecule has 1 aromatic rings. The van der Waals surface area contributed by atoms with E-state index in [2.05, 4.69) is 31.3 Å². The molecular formula is C17H22N2O3S. The Morgan fingerprint density at radius 1 is 1.26 bits per heavy atom. The lowest BCUT2D eigenvalue weighted by Crippen LogP contribution is -2.49. The van der Waals surface area contributed by atoms with E-state index in [-0.39, 0.29) is 23.3 Å². The summed E-state index contributed by atoms with van der Waals surface area (Å²) in [7, 11) is 0. The van der Waals surface area contributed by atoms with Crippen LogP contribution in [-0.2, 0) is 4.79 Å². The van der Waals surface area contributed by atoms with Gasteiger partial charge in [-0.3, -0.25) is 9.59 Å². The molecule has 0 radical (unpaired) electrons. The van der Waals surface area contributed by atoms with Crippen LogP contribution in [0.3, 0.4) is 0 Å². The van der Waals surface area contributed by atoms with Gasteiger partial charge in [0.2, 0.25) is 5.91 Å². The Morgan fingerprint density at radius 3 is 2.48 bits per heavy atom. The summed E-state index contributed by atoms with van der Waals surface area (Å²) in [5.74, 6) is 1.54. The van der Waals surface area contributed by atoms with E-state index in [1.54, 1.807) is 0 Å². The van der Waals surface area contributed by atoms with Crippen LogP contribution in [0, 0.1) is 13.8 Å². The van der Waals surface area contributed by atoms with Crippen LogP contribution in [-0.4, -0.2) is 47.0 Å². The number of carbonyl (C=O) groups excluding carboxylic acids is 2. The van der Waals surface area contributed by atoms with Gasteiger partial charge in [0.15, 0.2) is 0 Å². The highest BCUT2D eigenvalue weighted by molar-refractivity contribution is 8.14. The summed E-state index contributed by atoms with van der Waals surface area (Å²) in [6.45, 7) is 5.49. The highest BCUT2D eigenvalue weighted by Gasteiger charge is 2.33. The molecule has 23 heavy (non-hydrogen) atoms. The first-order valence-corrected chi connectivity index (χ1v) is 8.98. The lowest BCUT2D eigenvalue weighted by Gasteiger charge is -2.34. The zero-order chi connectivity index (χ0) is 16.4. The van der Waals surface area contributed by atoms with Crippen LogP contribution in [0.15, 0.2) is 18.2 Å². The summed E-state index contributed by atoms with van der Waals surface area (Å²) in [5.41, 5.74) is 2.29. The number of benzene rings is 1. The number of amides is 2. The van der Waals surface area contributed by atoms with Gasteiger partial charge in [-0.05, 0) is 25.0 Å². The van der Waals surface area contributed by atoms with E-state index in [1.165, 1.54) is 11.8 Å². The molecule has 2 amide bonds. The molecule has 1 aromatic carbocycles. The fourth-order valence-electron chi connectivity index (χ4n) is 3.08. The molecule has 0 aliphatic carbocycles. The number of rotatable bonds is 3. The molecule has 124 valence electrons. The lowest BCUT2D eigenvalue weighted by atomic mass is 10.1. The Labute approximate surface area is 140 Å². The van der Waals surface area contributed by atoms with Crippen LogP contribution in [0.1, 0.15) is 24.0 Å². The highest BCUT2D eigenvalue weighted by Crippen LogP contribution is 2.26. The molecule has 2 aliphatic rings. The number of nitrogens with zero attached hydrogens (tertiary/aromatic N) is 1. The van der Waals surface area contributed by atoms with Crippen molar-refractivity contribution in [1.29, 1.82) is 0 Å². The number of ether oxygens (including phenoxy) is 1. The maximum absolute atomic E-state index is 12.4. The van der Waals surface area contributed by atoms with E-state index in [9.17, 15) is 9.59 Å². The van der Waals surface area contributed by atoms with Crippen molar-refractivity contribution < 1.29 is 14.3 Å². The molecule has 0 bridgehead atoms. The minimum absolute atomic E-state index is 0.0360. The quantitative estimate of drug-likeness (QED) is 0.923. The van der Waals surface area contributed by atoms with Crippen molar-refractivity contribution in [2.45, 2.75) is 38.8 Å². The van der Waals surface area contributed by atoms with Crippen molar-refractivity contribution in [1.82, 2.24) is 10.2 Å². The first-order valence-electron chi connectivity index (χ1n) is 7.99. The van der Waals surface area contributed by atoms with Gasteiger partial charge in [0.05, 0.1) is 0 Å². The predicted molar refractivity (Wildman–Crippen MR) is 90.9 cm³/mol. The molecule has 1 atom stereocenters. The summed E-state index contributed by atoms with van der Waals surface area (Å²) in [6, 6.07) is 5.79. The summed E-state index contributed by atoms with van der Waals surface area (Å²) < 4.78 is 6.18. The normalized spacial score (nSPS) is 22.1. The smallest absolute Gasteiger partial charge is 0.279 e. The molecule has 3 rings (SSSR count). The summed E-state index contributed by atoms with van der Waals surface area (Å²) in [5, 5.41) is 2.62. The van der Waals surface area contributed by atoms with Crippen molar-refractivity contribution in [3.63, 3.8) is 0 Å². The number of piperidine rings is 1. The molecule has 0 unspecified atom stereocenters. The minimum atomic E-state index is -0.358. The molecule has 0 aromatic heterocycles. The topological polar surface area (TPSA) is 58.6 Å². The zero-order valence-corrected chi connectivity index (χ0v) is 14.3. The minimum Gasteiger partial charge on any atom is -0.490 e. The third-order valence-corrected chi connectivity index (χ3v) is 5.30. The molecular weight excluding hydrogens is 312 g/mol. The van der Waals surface area contributed by atoms with Gasteiger partial charge in [-0.2, -0.15) is 0 Å². The number of nitrogens with one attached hydrogen (secondary N) is 1. The summed E-state index contributed by atoms with van der Waals surface area (Å²) in [6.07, 6.45) is 1.80. The molecule has 5 nitrogen and oxygen atoms in total. The van der Waals surface area contributed by atoms with Crippen LogP contribution in [0.5, 0.6) is 5.75 Å². The van der Waals surface area contributed by atoms with Crippen molar-refractivity contribution >= 4 is 22.9 Å². The Hall–Kier alpha value is -1.69. The number of hydrogen-bond donors (Lipinski definition) is 1. The molecule has 2 aliphatic heterocycles. The summed E-state index contributed by atoms with van der Waals surface area (Å²) >= 11 is 1.18. The van der Waals surface area contributed by atoms with Crippen LogP contribution in [0.2, 0.25) is 0 Å². The Kier molecular flexibility index (Phi) is 4.80. The van der Waals surface area contributed by atoms with Gasteiger partial charge in [-0.1, -0.05) is 30.0 Å². The Bertz CT molecular complexity index is 592. The van der Waals surface area contributed by atoms with E-state index < -0.39 is 0 Å². The SMILES string of the molecule is Cc1cccc(C)c1OC1CCN(C(=O)[C@H]2CSC(=O)N2)CC1. The monoisotopic (exact) mass is 334 g/mol. The largest absolute Gasteiger partial charge is 0.490 e. The lowest BCUT2D eigenvalue weighted by molar-refractivity contribution is -0.134. The molecule has 6 heteroatoms. The third-order valence-electron chi connectivity index (χ3n) is 4.42. The number of carbonyl (C=O) groups is 2. The zero-order valence-electron chi connectivity index (χ0n) is 13.5. The maximum atomic E-state index is 12.4. The van der Waals surface area contributed by atoms with Gasteiger partial charge in [-0.25, -0.2) is 0 Å². The number of aryl methyl sites for hydroxylation is 2. The van der Waals surface area contributed by atoms with Gasteiger partial charge < -0.3 is 15.0 Å². The number of para-hydroxylation sites is 1. The van der Waals surface area contributed by atoms with Gasteiger partial charge in [0.25, 0.3) is 5.24 Å². The average molecular weight is 334 g/mol. The van der Waals surface area contributed by atoms with Crippen molar-refractivity contribution in [2.75, 3.05) is 18.8 Å². The average Bonchev–Trinajstić information content (AvgIpc) is 2.97. The van der Waals surface area contributed by atoms with E-state index >= 15 is 0 Å².